The predicted octanol–water partition coefficient (Wildman–Crippen LogP) is 0.800. The van der Waals surface area contributed by atoms with Gasteiger partial charge in [0.25, 0.3) is 0 Å². The first kappa shape index (κ1) is 6.41. The molecule has 0 bridgehead atoms. The molecule has 0 spiro atoms. The van der Waals surface area contributed by atoms with E-state index in [1.165, 1.54) is 23.7 Å². The van der Waals surface area contributed by atoms with Crippen molar-refractivity contribution in [1.82, 2.24) is 5.32 Å². The molecular weight excluding hydrogens is 137 g/mol. The molecule has 0 saturated heterocycles. The first-order valence-electron chi connectivity index (χ1n) is 2.98. The zero-order chi connectivity index (χ0) is 5.82. The number of hydrogen-bond donors (Lipinski definition) is 1. The van der Waals surface area contributed by atoms with E-state index in [0.717, 1.165) is 6.54 Å². The van der Waals surface area contributed by atoms with E-state index in [0.29, 0.717) is 0 Å². The van der Waals surface area contributed by atoms with Gasteiger partial charge in [-0.1, -0.05) is 0 Å². The first-order chi connectivity index (χ1) is 3.89. The molecule has 0 aromatic rings. The van der Waals surface area contributed by atoms with Gasteiger partial charge in [0.05, 0.1) is 0 Å². The molecule has 2 heteroatoms. The van der Waals surface area contributed by atoms with Crippen molar-refractivity contribution in [3.8, 4) is 0 Å². The molecule has 1 aliphatic rings. The molecule has 0 saturated carbocycles. The molecule has 0 aromatic carbocycles. The van der Waals surface area contributed by atoms with E-state index in [-0.39, 0.29) is 0 Å². The number of rotatable bonds is 0. The van der Waals surface area contributed by atoms with Gasteiger partial charge >= 0.3 is 59.0 Å². The zero-order valence-electron chi connectivity index (χ0n) is 4.85. The molecule has 0 aromatic heterocycles. The first-order valence-corrected chi connectivity index (χ1v) is 3.68. The van der Waals surface area contributed by atoms with Crippen LogP contribution in [0.2, 0.25) is 0 Å². The SMILES string of the molecule is [V][C]1=CCNCCC1. The summed E-state index contributed by atoms with van der Waals surface area (Å²) < 4.78 is 1.47. The van der Waals surface area contributed by atoms with Gasteiger partial charge in [0, 0.05) is 0 Å². The van der Waals surface area contributed by atoms with Crippen molar-refractivity contribution in [2.45, 2.75) is 12.8 Å². The summed E-state index contributed by atoms with van der Waals surface area (Å²) in [7, 11) is 0. The molecular formula is C6H10NV. The fourth-order valence-corrected chi connectivity index (χ4v) is 1.18. The minimum absolute atomic E-state index is 1.06. The van der Waals surface area contributed by atoms with Crippen LogP contribution in [0, 0.1) is 0 Å². The predicted molar refractivity (Wildman–Crippen MR) is 30.2 cm³/mol. The van der Waals surface area contributed by atoms with Crippen LogP contribution in [0.5, 0.6) is 0 Å². The standard InChI is InChI=1S/C6H10N.V/c1-2-4-6-7-5-3-1;/h4,7H,1,3,5-6H2;. The molecule has 8 heavy (non-hydrogen) atoms. The summed E-state index contributed by atoms with van der Waals surface area (Å²) in [6.07, 6.45) is 4.79. The van der Waals surface area contributed by atoms with Crippen LogP contribution in [-0.2, 0) is 17.4 Å². The van der Waals surface area contributed by atoms with E-state index in [9.17, 15) is 0 Å². The van der Waals surface area contributed by atoms with Crippen molar-refractivity contribution < 1.29 is 17.4 Å². The van der Waals surface area contributed by atoms with E-state index >= 15 is 0 Å². The van der Waals surface area contributed by atoms with E-state index in [1.54, 1.807) is 0 Å². The van der Waals surface area contributed by atoms with Crippen molar-refractivity contribution in [3.05, 3.63) is 10.4 Å². The number of hydrogen-bond acceptors (Lipinski definition) is 1. The molecule has 0 fully saturated rings. The van der Waals surface area contributed by atoms with Crippen molar-refractivity contribution >= 4 is 0 Å². The average Bonchev–Trinajstić information content (AvgIpc) is 1.94. The Kier molecular flexibility index (Phi) is 2.67. The molecule has 1 N–H and O–H groups in total. The van der Waals surface area contributed by atoms with Crippen LogP contribution in [-0.4, -0.2) is 13.1 Å². The van der Waals surface area contributed by atoms with Crippen molar-refractivity contribution in [3.63, 3.8) is 0 Å². The van der Waals surface area contributed by atoms with E-state index in [4.69, 9.17) is 0 Å². The molecule has 0 atom stereocenters. The van der Waals surface area contributed by atoms with Crippen LogP contribution in [0.25, 0.3) is 0 Å². The third-order valence-corrected chi connectivity index (χ3v) is 1.90. The van der Waals surface area contributed by atoms with Gasteiger partial charge in [-0.2, -0.15) is 0 Å². The van der Waals surface area contributed by atoms with Crippen molar-refractivity contribution in [2.24, 2.45) is 0 Å². The molecule has 1 nitrogen and oxygen atoms in total. The van der Waals surface area contributed by atoms with Gasteiger partial charge in [0.1, 0.15) is 0 Å². The van der Waals surface area contributed by atoms with E-state index in [2.05, 4.69) is 28.8 Å². The van der Waals surface area contributed by atoms with Crippen LogP contribution in [0.1, 0.15) is 12.8 Å². The Hall–Kier alpha value is 0.284. The molecule has 44 valence electrons. The summed E-state index contributed by atoms with van der Waals surface area (Å²) in [5.74, 6) is 0. The number of nitrogens with one attached hydrogen (secondary N) is 1. The Balaban J connectivity index is 2.36. The molecule has 0 radical (unpaired) electrons. The van der Waals surface area contributed by atoms with Crippen LogP contribution < -0.4 is 5.32 Å². The Morgan fingerprint density at radius 2 is 2.50 bits per heavy atom. The fourth-order valence-electron chi connectivity index (χ4n) is 0.789. The van der Waals surface area contributed by atoms with Gasteiger partial charge in [-0.25, -0.2) is 0 Å². The normalized spacial score (nSPS) is 21.8. The fraction of sp³-hybridized carbons (Fsp3) is 0.667. The molecule has 0 amide bonds. The Bertz CT molecular complexity index is 98.7. The van der Waals surface area contributed by atoms with Gasteiger partial charge < -0.3 is 0 Å². The molecule has 1 heterocycles. The Labute approximate surface area is 59.5 Å². The monoisotopic (exact) mass is 147 g/mol. The zero-order valence-corrected chi connectivity index (χ0v) is 6.25. The second kappa shape index (κ2) is 3.34. The van der Waals surface area contributed by atoms with Gasteiger partial charge in [-0.15, -0.1) is 0 Å². The summed E-state index contributed by atoms with van der Waals surface area (Å²) in [4.78, 5) is 0. The van der Waals surface area contributed by atoms with Gasteiger partial charge in [-0.05, 0) is 0 Å². The molecule has 0 aliphatic carbocycles. The molecule has 0 unspecified atom stereocenters. The van der Waals surface area contributed by atoms with Crippen LogP contribution in [0.15, 0.2) is 10.4 Å². The maximum absolute atomic E-state index is 3.29. The van der Waals surface area contributed by atoms with Crippen molar-refractivity contribution in [1.29, 1.82) is 0 Å². The second-order valence-electron chi connectivity index (χ2n) is 2.00. The topological polar surface area (TPSA) is 12.0 Å². The Morgan fingerprint density at radius 1 is 1.62 bits per heavy atom. The average molecular weight is 147 g/mol. The summed E-state index contributed by atoms with van der Waals surface area (Å²) in [6.45, 7) is 2.24. The summed E-state index contributed by atoms with van der Waals surface area (Å²) >= 11 is 2.62. The quantitative estimate of drug-likeness (QED) is 0.534. The summed E-state index contributed by atoms with van der Waals surface area (Å²) in [5, 5.41) is 3.29. The van der Waals surface area contributed by atoms with E-state index in [1.807, 2.05) is 0 Å². The second-order valence-corrected chi connectivity index (χ2v) is 2.90. The van der Waals surface area contributed by atoms with Crippen LogP contribution in [0.4, 0.5) is 0 Å². The van der Waals surface area contributed by atoms with Crippen molar-refractivity contribution in [2.75, 3.05) is 13.1 Å². The minimum atomic E-state index is 1.06. The van der Waals surface area contributed by atoms with E-state index < -0.39 is 0 Å². The van der Waals surface area contributed by atoms with Gasteiger partial charge in [-0.3, -0.25) is 0 Å². The molecule has 1 rings (SSSR count). The maximum atomic E-state index is 3.29. The third-order valence-electron chi connectivity index (χ3n) is 1.27. The summed E-state index contributed by atoms with van der Waals surface area (Å²) in [5.41, 5.74) is 0. The summed E-state index contributed by atoms with van der Waals surface area (Å²) in [6, 6.07) is 0. The van der Waals surface area contributed by atoms with Crippen LogP contribution >= 0.6 is 0 Å². The van der Waals surface area contributed by atoms with Crippen LogP contribution in [0.3, 0.4) is 0 Å². The van der Waals surface area contributed by atoms with Gasteiger partial charge in [0.15, 0.2) is 0 Å². The molecule has 1 aliphatic heterocycles. The number of allylic oxidation sites excluding steroid dienone is 1. The Morgan fingerprint density at radius 3 is 3.38 bits per heavy atom. The third kappa shape index (κ3) is 2.04. The van der Waals surface area contributed by atoms with Gasteiger partial charge in [0.2, 0.25) is 0 Å².